The van der Waals surface area contributed by atoms with Gasteiger partial charge in [-0.3, -0.25) is 24.7 Å². The highest BCUT2D eigenvalue weighted by molar-refractivity contribution is 7.99. The SMILES string of the molecule is CCCNC(C)(C#N)CCSc1nc(=O)c(=O)[nH]n1C. The van der Waals surface area contributed by atoms with Crippen LogP contribution in [-0.2, 0) is 7.05 Å². The minimum absolute atomic E-state index is 0.436. The summed E-state index contributed by atoms with van der Waals surface area (Å²) in [6, 6.07) is 2.26. The molecule has 1 atom stereocenters. The first-order valence-corrected chi connectivity index (χ1v) is 7.37. The maximum Gasteiger partial charge on any atom is 0.339 e. The van der Waals surface area contributed by atoms with Gasteiger partial charge in [-0.05, 0) is 26.3 Å². The number of thioether (sulfide) groups is 1. The minimum Gasteiger partial charge on any atom is -0.300 e. The predicted molar refractivity (Wildman–Crippen MR) is 77.8 cm³/mol. The third-order valence-corrected chi connectivity index (χ3v) is 3.82. The largest absolute Gasteiger partial charge is 0.339 e. The van der Waals surface area contributed by atoms with Gasteiger partial charge in [-0.1, -0.05) is 18.7 Å². The average molecular weight is 297 g/mol. The summed E-state index contributed by atoms with van der Waals surface area (Å²) >= 11 is 1.34. The van der Waals surface area contributed by atoms with E-state index < -0.39 is 16.7 Å². The van der Waals surface area contributed by atoms with E-state index in [2.05, 4.69) is 21.5 Å². The molecule has 0 saturated carbocycles. The van der Waals surface area contributed by atoms with E-state index in [1.165, 1.54) is 16.4 Å². The van der Waals surface area contributed by atoms with E-state index in [9.17, 15) is 14.9 Å². The van der Waals surface area contributed by atoms with Gasteiger partial charge in [-0.15, -0.1) is 0 Å². The molecule has 1 aromatic rings. The van der Waals surface area contributed by atoms with Crippen molar-refractivity contribution in [1.29, 1.82) is 5.26 Å². The van der Waals surface area contributed by atoms with Gasteiger partial charge in [-0.25, -0.2) is 0 Å². The van der Waals surface area contributed by atoms with Gasteiger partial charge in [0.1, 0.15) is 5.54 Å². The number of aromatic nitrogens is 3. The van der Waals surface area contributed by atoms with Gasteiger partial charge in [0.05, 0.1) is 6.07 Å². The second kappa shape index (κ2) is 7.26. The summed E-state index contributed by atoms with van der Waals surface area (Å²) in [7, 11) is 1.62. The summed E-state index contributed by atoms with van der Waals surface area (Å²) in [5, 5.41) is 15.2. The first-order chi connectivity index (χ1) is 9.41. The molecular weight excluding hydrogens is 278 g/mol. The highest BCUT2D eigenvalue weighted by Gasteiger charge is 2.22. The standard InChI is InChI=1S/C12H19N5O2S/c1-4-6-14-12(2,8-13)5-7-20-11-15-9(18)10(19)16-17(11)3/h14H,4-7H2,1-3H3,(H,16,19). The number of hydrogen-bond donors (Lipinski definition) is 2. The van der Waals surface area contributed by atoms with E-state index in [-0.39, 0.29) is 0 Å². The quantitative estimate of drug-likeness (QED) is 0.551. The van der Waals surface area contributed by atoms with Gasteiger partial charge in [0, 0.05) is 12.8 Å². The highest BCUT2D eigenvalue weighted by Crippen LogP contribution is 2.18. The van der Waals surface area contributed by atoms with Crippen molar-refractivity contribution in [2.45, 2.75) is 37.4 Å². The van der Waals surface area contributed by atoms with Crippen LogP contribution in [0.4, 0.5) is 0 Å². The first-order valence-electron chi connectivity index (χ1n) is 6.38. The molecule has 1 rings (SSSR count). The zero-order valence-electron chi connectivity index (χ0n) is 11.9. The molecule has 7 nitrogen and oxygen atoms in total. The lowest BCUT2D eigenvalue weighted by Crippen LogP contribution is -2.41. The molecule has 0 amide bonds. The molecule has 0 fully saturated rings. The van der Waals surface area contributed by atoms with Crippen molar-refractivity contribution < 1.29 is 0 Å². The molecule has 1 unspecified atom stereocenters. The van der Waals surface area contributed by atoms with Crippen molar-refractivity contribution in [3.8, 4) is 6.07 Å². The molecule has 0 spiro atoms. The lowest BCUT2D eigenvalue weighted by atomic mass is 10.0. The molecule has 1 heterocycles. The Balaban J connectivity index is 2.64. The van der Waals surface area contributed by atoms with E-state index in [0.717, 1.165) is 13.0 Å². The van der Waals surface area contributed by atoms with Crippen molar-refractivity contribution in [3.05, 3.63) is 20.7 Å². The van der Waals surface area contributed by atoms with Gasteiger partial charge < -0.3 is 0 Å². The van der Waals surface area contributed by atoms with E-state index in [1.54, 1.807) is 7.05 Å². The molecule has 1 aromatic heterocycles. The lowest BCUT2D eigenvalue weighted by molar-refractivity contribution is 0.437. The molecule has 0 aliphatic rings. The summed E-state index contributed by atoms with van der Waals surface area (Å²) in [4.78, 5) is 26.0. The zero-order chi connectivity index (χ0) is 15.2. The van der Waals surface area contributed by atoms with Crippen molar-refractivity contribution in [3.63, 3.8) is 0 Å². The summed E-state index contributed by atoms with van der Waals surface area (Å²) in [6.45, 7) is 4.67. The van der Waals surface area contributed by atoms with Crippen LogP contribution in [0.1, 0.15) is 26.7 Å². The van der Waals surface area contributed by atoms with Crippen LogP contribution in [0.5, 0.6) is 0 Å². The van der Waals surface area contributed by atoms with Gasteiger partial charge in [-0.2, -0.15) is 10.2 Å². The van der Waals surface area contributed by atoms with Crippen molar-refractivity contribution in [2.24, 2.45) is 7.05 Å². The summed E-state index contributed by atoms with van der Waals surface area (Å²) in [6.07, 6.45) is 1.57. The Kier molecular flexibility index (Phi) is 5.98. The number of nitrogens with zero attached hydrogens (tertiary/aromatic N) is 3. The van der Waals surface area contributed by atoms with Crippen LogP contribution >= 0.6 is 11.8 Å². The third kappa shape index (κ3) is 4.51. The summed E-state index contributed by atoms with van der Waals surface area (Å²) in [5.41, 5.74) is -2.12. The lowest BCUT2D eigenvalue weighted by Gasteiger charge is -2.22. The van der Waals surface area contributed by atoms with Crippen molar-refractivity contribution in [2.75, 3.05) is 12.3 Å². The van der Waals surface area contributed by atoms with Crippen LogP contribution in [0.3, 0.4) is 0 Å². The monoisotopic (exact) mass is 297 g/mol. The highest BCUT2D eigenvalue weighted by atomic mass is 32.2. The molecule has 0 bridgehead atoms. The molecule has 20 heavy (non-hydrogen) atoms. The van der Waals surface area contributed by atoms with Gasteiger partial charge >= 0.3 is 11.1 Å². The normalized spacial score (nSPS) is 13.7. The molecule has 0 aliphatic heterocycles. The summed E-state index contributed by atoms with van der Waals surface area (Å²) in [5.74, 6) is 0.618. The molecule has 110 valence electrons. The predicted octanol–water partition coefficient (Wildman–Crippen LogP) is 0.233. The zero-order valence-corrected chi connectivity index (χ0v) is 12.7. The molecule has 0 aliphatic carbocycles. The Morgan fingerprint density at radius 3 is 2.85 bits per heavy atom. The van der Waals surface area contributed by atoms with Crippen LogP contribution in [0.25, 0.3) is 0 Å². The Morgan fingerprint density at radius 2 is 2.25 bits per heavy atom. The van der Waals surface area contributed by atoms with E-state index in [0.29, 0.717) is 17.3 Å². The van der Waals surface area contributed by atoms with Crippen molar-refractivity contribution in [1.82, 2.24) is 20.1 Å². The molecule has 0 saturated heterocycles. The molecule has 0 radical (unpaired) electrons. The number of nitriles is 1. The van der Waals surface area contributed by atoms with Crippen LogP contribution in [0.2, 0.25) is 0 Å². The van der Waals surface area contributed by atoms with Gasteiger partial charge in [0.15, 0.2) is 5.16 Å². The third-order valence-electron chi connectivity index (χ3n) is 2.79. The second-order valence-electron chi connectivity index (χ2n) is 4.67. The van der Waals surface area contributed by atoms with Crippen LogP contribution in [-0.4, -0.2) is 32.6 Å². The Hall–Kier alpha value is -1.59. The average Bonchev–Trinajstić information content (AvgIpc) is 2.42. The van der Waals surface area contributed by atoms with Crippen LogP contribution < -0.4 is 16.4 Å². The van der Waals surface area contributed by atoms with E-state index in [4.69, 9.17) is 0 Å². The fraction of sp³-hybridized carbons (Fsp3) is 0.667. The number of H-pyrrole nitrogens is 1. The number of nitrogens with one attached hydrogen (secondary N) is 2. The maximum absolute atomic E-state index is 11.2. The molecule has 8 heteroatoms. The fourth-order valence-electron chi connectivity index (χ4n) is 1.52. The first kappa shape index (κ1) is 16.5. The number of aryl methyl sites for hydroxylation is 1. The molecule has 2 N–H and O–H groups in total. The Labute approximate surface area is 121 Å². The topological polar surface area (TPSA) is 104 Å². The smallest absolute Gasteiger partial charge is 0.300 e. The Morgan fingerprint density at radius 1 is 1.55 bits per heavy atom. The van der Waals surface area contributed by atoms with Gasteiger partial charge in [0.25, 0.3) is 0 Å². The molecule has 0 aromatic carbocycles. The minimum atomic E-state index is -0.794. The second-order valence-corrected chi connectivity index (χ2v) is 5.73. The number of aromatic amines is 1. The Bertz CT molecular complexity index is 603. The van der Waals surface area contributed by atoms with Crippen LogP contribution in [0.15, 0.2) is 14.7 Å². The van der Waals surface area contributed by atoms with E-state index in [1.807, 2.05) is 13.8 Å². The summed E-state index contributed by atoms with van der Waals surface area (Å²) < 4.78 is 1.41. The maximum atomic E-state index is 11.2. The fourth-order valence-corrected chi connectivity index (χ4v) is 2.60. The molecular formula is C12H19N5O2S. The number of hydrogen-bond acceptors (Lipinski definition) is 6. The van der Waals surface area contributed by atoms with E-state index >= 15 is 0 Å². The van der Waals surface area contributed by atoms with Crippen molar-refractivity contribution >= 4 is 11.8 Å². The number of rotatable bonds is 7. The van der Waals surface area contributed by atoms with Crippen LogP contribution in [0, 0.1) is 11.3 Å². The van der Waals surface area contributed by atoms with Gasteiger partial charge in [0.2, 0.25) is 0 Å².